The van der Waals surface area contributed by atoms with Gasteiger partial charge in [-0.1, -0.05) is 11.6 Å². The summed E-state index contributed by atoms with van der Waals surface area (Å²) in [6.07, 6.45) is 3.20. The average molecular weight is 235 g/mol. The summed E-state index contributed by atoms with van der Waals surface area (Å²) in [5.74, 6) is 0.851. The molecule has 1 aromatic carbocycles. The van der Waals surface area contributed by atoms with Crippen LogP contribution in [0.25, 0.3) is 11.3 Å². The van der Waals surface area contributed by atoms with Crippen LogP contribution in [0.1, 0.15) is 5.56 Å². The molecule has 0 unspecified atom stereocenters. The number of hydrogen-bond donors (Lipinski definition) is 0. The van der Waals surface area contributed by atoms with E-state index in [0.717, 1.165) is 16.9 Å². The van der Waals surface area contributed by atoms with Gasteiger partial charge in [0.05, 0.1) is 7.11 Å². The highest BCUT2D eigenvalue weighted by molar-refractivity contribution is 6.31. The van der Waals surface area contributed by atoms with Gasteiger partial charge in [0.2, 0.25) is 0 Å². The van der Waals surface area contributed by atoms with Gasteiger partial charge in [-0.05, 0) is 30.7 Å². The molecule has 0 saturated carbocycles. The van der Waals surface area contributed by atoms with Crippen molar-refractivity contribution >= 4 is 11.6 Å². The standard InChI is InChI=1S/C12H11ClN2O/c1-8-7-9(3-4-10(8)16-2)11-12(13)15-6-5-14-11/h3-7H,1-2H3. The Labute approximate surface area is 99.1 Å². The van der Waals surface area contributed by atoms with Crippen LogP contribution in [0.2, 0.25) is 5.15 Å². The lowest BCUT2D eigenvalue weighted by atomic mass is 10.1. The van der Waals surface area contributed by atoms with Crippen molar-refractivity contribution in [2.45, 2.75) is 6.92 Å². The van der Waals surface area contributed by atoms with Gasteiger partial charge < -0.3 is 4.74 Å². The quantitative estimate of drug-likeness (QED) is 0.801. The van der Waals surface area contributed by atoms with Crippen molar-refractivity contribution in [3.8, 4) is 17.0 Å². The fourth-order valence-electron chi connectivity index (χ4n) is 1.54. The largest absolute Gasteiger partial charge is 0.496 e. The van der Waals surface area contributed by atoms with E-state index in [9.17, 15) is 0 Å². The van der Waals surface area contributed by atoms with Gasteiger partial charge in [-0.2, -0.15) is 0 Å². The molecule has 0 atom stereocenters. The van der Waals surface area contributed by atoms with Crippen LogP contribution in [0.3, 0.4) is 0 Å². The van der Waals surface area contributed by atoms with Crippen LogP contribution in [0, 0.1) is 6.92 Å². The topological polar surface area (TPSA) is 35.0 Å². The molecule has 1 heterocycles. The fraction of sp³-hybridized carbons (Fsp3) is 0.167. The second-order valence-corrected chi connectivity index (χ2v) is 3.74. The van der Waals surface area contributed by atoms with Crippen LogP contribution < -0.4 is 4.74 Å². The van der Waals surface area contributed by atoms with Gasteiger partial charge in [-0.3, -0.25) is 4.98 Å². The number of aromatic nitrogens is 2. The van der Waals surface area contributed by atoms with E-state index in [1.807, 2.05) is 25.1 Å². The van der Waals surface area contributed by atoms with Gasteiger partial charge >= 0.3 is 0 Å². The van der Waals surface area contributed by atoms with Gasteiger partial charge in [-0.25, -0.2) is 4.98 Å². The molecule has 0 radical (unpaired) electrons. The summed E-state index contributed by atoms with van der Waals surface area (Å²) in [5.41, 5.74) is 2.67. The van der Waals surface area contributed by atoms with Crippen molar-refractivity contribution in [3.63, 3.8) is 0 Å². The number of ether oxygens (including phenoxy) is 1. The summed E-state index contributed by atoms with van der Waals surface area (Å²) in [5, 5.41) is 0.409. The normalized spacial score (nSPS) is 10.2. The van der Waals surface area contributed by atoms with Gasteiger partial charge in [0.25, 0.3) is 0 Å². The van der Waals surface area contributed by atoms with E-state index in [2.05, 4.69) is 9.97 Å². The smallest absolute Gasteiger partial charge is 0.155 e. The maximum Gasteiger partial charge on any atom is 0.155 e. The van der Waals surface area contributed by atoms with Crippen LogP contribution >= 0.6 is 11.6 Å². The van der Waals surface area contributed by atoms with E-state index in [1.165, 1.54) is 0 Å². The van der Waals surface area contributed by atoms with Crippen LogP contribution in [0.5, 0.6) is 5.75 Å². The van der Waals surface area contributed by atoms with Crippen molar-refractivity contribution in [2.24, 2.45) is 0 Å². The van der Waals surface area contributed by atoms with E-state index in [4.69, 9.17) is 16.3 Å². The monoisotopic (exact) mass is 234 g/mol. The molecule has 1 aromatic heterocycles. The van der Waals surface area contributed by atoms with Crippen molar-refractivity contribution in [1.29, 1.82) is 0 Å². The zero-order chi connectivity index (χ0) is 11.5. The summed E-state index contributed by atoms with van der Waals surface area (Å²) in [7, 11) is 1.65. The first-order chi connectivity index (χ1) is 7.72. The second kappa shape index (κ2) is 4.49. The van der Waals surface area contributed by atoms with Gasteiger partial charge in [0.1, 0.15) is 11.4 Å². The Bertz CT molecular complexity index is 514. The van der Waals surface area contributed by atoms with Crippen LogP contribution in [-0.4, -0.2) is 17.1 Å². The number of aryl methyl sites for hydroxylation is 1. The highest BCUT2D eigenvalue weighted by Gasteiger charge is 2.07. The fourth-order valence-corrected chi connectivity index (χ4v) is 1.75. The first-order valence-electron chi connectivity index (χ1n) is 4.84. The minimum absolute atomic E-state index is 0.409. The summed E-state index contributed by atoms with van der Waals surface area (Å²) in [6.45, 7) is 1.98. The number of halogens is 1. The molecule has 2 rings (SSSR count). The lowest BCUT2D eigenvalue weighted by molar-refractivity contribution is 0.412. The van der Waals surface area contributed by atoms with Gasteiger partial charge in [-0.15, -0.1) is 0 Å². The molecule has 0 aliphatic carbocycles. The van der Waals surface area contributed by atoms with E-state index < -0.39 is 0 Å². The number of methoxy groups -OCH3 is 1. The summed E-state index contributed by atoms with van der Waals surface area (Å²) < 4.78 is 5.20. The Morgan fingerprint density at radius 3 is 2.56 bits per heavy atom. The molecular formula is C12H11ClN2O. The molecule has 3 nitrogen and oxygen atoms in total. The molecule has 0 N–H and O–H groups in total. The Morgan fingerprint density at radius 2 is 1.94 bits per heavy atom. The molecule has 2 aromatic rings. The maximum atomic E-state index is 5.98. The lowest BCUT2D eigenvalue weighted by Gasteiger charge is -2.07. The summed E-state index contributed by atoms with van der Waals surface area (Å²) >= 11 is 5.98. The summed E-state index contributed by atoms with van der Waals surface area (Å²) in [4.78, 5) is 8.21. The second-order valence-electron chi connectivity index (χ2n) is 3.38. The molecular weight excluding hydrogens is 224 g/mol. The number of nitrogens with zero attached hydrogens (tertiary/aromatic N) is 2. The van der Waals surface area contributed by atoms with Crippen molar-refractivity contribution in [3.05, 3.63) is 41.3 Å². The molecule has 0 amide bonds. The Morgan fingerprint density at radius 1 is 1.19 bits per heavy atom. The summed E-state index contributed by atoms with van der Waals surface area (Å²) in [6, 6.07) is 5.80. The molecule has 82 valence electrons. The zero-order valence-corrected chi connectivity index (χ0v) is 9.82. The Balaban J connectivity index is 2.50. The molecule has 0 aliphatic heterocycles. The van der Waals surface area contributed by atoms with Crippen LogP contribution in [0.4, 0.5) is 0 Å². The van der Waals surface area contributed by atoms with Crippen LogP contribution in [-0.2, 0) is 0 Å². The SMILES string of the molecule is COc1ccc(-c2nccnc2Cl)cc1C. The molecule has 4 heteroatoms. The Hall–Kier alpha value is -1.61. The average Bonchev–Trinajstić information content (AvgIpc) is 2.29. The van der Waals surface area contributed by atoms with Gasteiger partial charge in [0.15, 0.2) is 5.15 Å². The van der Waals surface area contributed by atoms with Crippen molar-refractivity contribution in [1.82, 2.24) is 9.97 Å². The number of rotatable bonds is 2. The van der Waals surface area contributed by atoms with Crippen molar-refractivity contribution < 1.29 is 4.74 Å². The van der Waals surface area contributed by atoms with Crippen LogP contribution in [0.15, 0.2) is 30.6 Å². The number of hydrogen-bond acceptors (Lipinski definition) is 3. The van der Waals surface area contributed by atoms with E-state index in [-0.39, 0.29) is 0 Å². The third-order valence-corrected chi connectivity index (χ3v) is 2.60. The highest BCUT2D eigenvalue weighted by atomic mass is 35.5. The maximum absolute atomic E-state index is 5.98. The molecule has 0 aliphatic rings. The molecule has 0 fully saturated rings. The molecule has 0 saturated heterocycles. The Kier molecular flexibility index (Phi) is 3.06. The molecule has 0 bridgehead atoms. The molecule has 16 heavy (non-hydrogen) atoms. The minimum atomic E-state index is 0.409. The first kappa shape index (κ1) is 10.9. The van der Waals surface area contributed by atoms with Gasteiger partial charge in [0, 0.05) is 18.0 Å². The predicted molar refractivity (Wildman–Crippen MR) is 63.8 cm³/mol. The van der Waals surface area contributed by atoms with E-state index >= 15 is 0 Å². The van der Waals surface area contributed by atoms with E-state index in [1.54, 1.807) is 19.5 Å². The lowest BCUT2D eigenvalue weighted by Crippen LogP contribution is -1.90. The van der Waals surface area contributed by atoms with E-state index in [0.29, 0.717) is 10.8 Å². The number of benzene rings is 1. The highest BCUT2D eigenvalue weighted by Crippen LogP contribution is 2.27. The third kappa shape index (κ3) is 1.99. The van der Waals surface area contributed by atoms with Crippen molar-refractivity contribution in [2.75, 3.05) is 7.11 Å². The zero-order valence-electron chi connectivity index (χ0n) is 9.07. The third-order valence-electron chi connectivity index (χ3n) is 2.32. The molecule has 0 spiro atoms. The first-order valence-corrected chi connectivity index (χ1v) is 5.21. The minimum Gasteiger partial charge on any atom is -0.496 e. The predicted octanol–water partition coefficient (Wildman–Crippen LogP) is 3.11.